The van der Waals surface area contributed by atoms with Crippen LogP contribution in [-0.2, 0) is 16.1 Å². The van der Waals surface area contributed by atoms with Crippen LogP contribution in [-0.4, -0.2) is 37.6 Å². The lowest BCUT2D eigenvalue weighted by Crippen LogP contribution is -2.29. The molecule has 110 valence electrons. The maximum atomic E-state index is 11.4. The van der Waals surface area contributed by atoms with Crippen molar-refractivity contribution in [2.45, 2.75) is 13.0 Å². The van der Waals surface area contributed by atoms with Crippen molar-refractivity contribution in [2.24, 2.45) is 0 Å². The number of methoxy groups -OCH3 is 1. The molecule has 20 heavy (non-hydrogen) atoms. The molecule has 1 aromatic carbocycles. The molecule has 0 bridgehead atoms. The SMILES string of the molecule is COCCNC(=O)CCNCc1cccc([N+](=O)[O-])c1. The van der Waals surface area contributed by atoms with E-state index in [2.05, 4.69) is 10.6 Å². The van der Waals surface area contributed by atoms with Gasteiger partial charge in [-0.15, -0.1) is 0 Å². The van der Waals surface area contributed by atoms with Gasteiger partial charge in [0.25, 0.3) is 5.69 Å². The van der Waals surface area contributed by atoms with Crippen LogP contribution in [0.15, 0.2) is 24.3 Å². The van der Waals surface area contributed by atoms with E-state index in [4.69, 9.17) is 4.74 Å². The van der Waals surface area contributed by atoms with Crippen molar-refractivity contribution in [3.8, 4) is 0 Å². The molecular formula is C13H19N3O4. The number of nitrogens with zero attached hydrogens (tertiary/aromatic N) is 1. The summed E-state index contributed by atoms with van der Waals surface area (Å²) in [4.78, 5) is 21.6. The van der Waals surface area contributed by atoms with E-state index in [1.807, 2.05) is 0 Å². The Morgan fingerprint density at radius 3 is 2.90 bits per heavy atom. The third kappa shape index (κ3) is 6.26. The molecule has 1 rings (SSSR count). The van der Waals surface area contributed by atoms with Gasteiger partial charge in [-0.3, -0.25) is 14.9 Å². The molecule has 7 nitrogen and oxygen atoms in total. The highest BCUT2D eigenvalue weighted by atomic mass is 16.6. The molecule has 0 fully saturated rings. The number of nitrogens with one attached hydrogen (secondary N) is 2. The van der Waals surface area contributed by atoms with Crippen LogP contribution in [0.5, 0.6) is 0 Å². The summed E-state index contributed by atoms with van der Waals surface area (Å²) in [5, 5.41) is 16.4. The van der Waals surface area contributed by atoms with Gasteiger partial charge in [0.2, 0.25) is 5.91 Å². The van der Waals surface area contributed by atoms with Gasteiger partial charge in [-0.1, -0.05) is 12.1 Å². The van der Waals surface area contributed by atoms with E-state index in [1.54, 1.807) is 19.2 Å². The maximum Gasteiger partial charge on any atom is 0.269 e. The summed E-state index contributed by atoms with van der Waals surface area (Å²) in [7, 11) is 1.58. The first-order chi connectivity index (χ1) is 9.63. The smallest absolute Gasteiger partial charge is 0.269 e. The summed E-state index contributed by atoms with van der Waals surface area (Å²) < 4.78 is 4.82. The van der Waals surface area contributed by atoms with Crippen LogP contribution in [0, 0.1) is 10.1 Å². The molecule has 0 aromatic heterocycles. The van der Waals surface area contributed by atoms with Gasteiger partial charge in [0.1, 0.15) is 0 Å². The number of amides is 1. The van der Waals surface area contributed by atoms with Gasteiger partial charge in [-0.2, -0.15) is 0 Å². The number of rotatable bonds is 9. The van der Waals surface area contributed by atoms with Gasteiger partial charge in [0.15, 0.2) is 0 Å². The molecule has 0 saturated heterocycles. The zero-order chi connectivity index (χ0) is 14.8. The third-order valence-corrected chi connectivity index (χ3v) is 2.61. The Labute approximate surface area is 117 Å². The Hall–Kier alpha value is -1.99. The van der Waals surface area contributed by atoms with Gasteiger partial charge in [0, 0.05) is 45.3 Å². The largest absolute Gasteiger partial charge is 0.383 e. The third-order valence-electron chi connectivity index (χ3n) is 2.61. The number of benzene rings is 1. The molecule has 0 aliphatic heterocycles. The number of carbonyl (C=O) groups is 1. The first-order valence-electron chi connectivity index (χ1n) is 6.33. The van der Waals surface area contributed by atoms with Gasteiger partial charge < -0.3 is 15.4 Å². The van der Waals surface area contributed by atoms with Gasteiger partial charge in [0.05, 0.1) is 11.5 Å². The molecule has 2 N–H and O–H groups in total. The number of ether oxygens (including phenoxy) is 1. The van der Waals surface area contributed by atoms with Crippen LogP contribution in [0.1, 0.15) is 12.0 Å². The number of carbonyl (C=O) groups excluding carboxylic acids is 1. The highest BCUT2D eigenvalue weighted by Gasteiger charge is 2.05. The molecule has 0 aliphatic carbocycles. The molecule has 0 aliphatic rings. The predicted molar refractivity (Wildman–Crippen MR) is 74.3 cm³/mol. The van der Waals surface area contributed by atoms with Crippen molar-refractivity contribution in [1.29, 1.82) is 0 Å². The Morgan fingerprint density at radius 2 is 2.20 bits per heavy atom. The zero-order valence-electron chi connectivity index (χ0n) is 11.4. The number of non-ortho nitro benzene ring substituents is 1. The van der Waals surface area contributed by atoms with Crippen LogP contribution in [0.4, 0.5) is 5.69 Å². The predicted octanol–water partition coefficient (Wildman–Crippen LogP) is 0.837. The first-order valence-corrected chi connectivity index (χ1v) is 6.33. The number of hydrogen-bond acceptors (Lipinski definition) is 5. The summed E-state index contributed by atoms with van der Waals surface area (Å²) in [5.74, 6) is -0.0476. The quantitative estimate of drug-likeness (QED) is 0.397. The molecular weight excluding hydrogens is 262 g/mol. The van der Waals surface area contributed by atoms with E-state index in [0.29, 0.717) is 32.7 Å². The fraction of sp³-hybridized carbons (Fsp3) is 0.462. The summed E-state index contributed by atoms with van der Waals surface area (Å²) in [5.41, 5.74) is 0.889. The standard InChI is InChI=1S/C13H19N3O4/c1-20-8-7-15-13(17)5-6-14-10-11-3-2-4-12(9-11)16(18)19/h2-4,9,14H,5-8,10H2,1H3,(H,15,17). The Morgan fingerprint density at radius 1 is 1.40 bits per heavy atom. The molecule has 0 saturated carbocycles. The zero-order valence-corrected chi connectivity index (χ0v) is 11.4. The van der Waals surface area contributed by atoms with Crippen LogP contribution in [0.3, 0.4) is 0 Å². The number of nitro benzene ring substituents is 1. The fourth-order valence-electron chi connectivity index (χ4n) is 1.60. The van der Waals surface area contributed by atoms with Crippen LogP contribution >= 0.6 is 0 Å². The summed E-state index contributed by atoms with van der Waals surface area (Å²) in [6.45, 7) is 2.00. The lowest BCUT2D eigenvalue weighted by atomic mass is 10.2. The fourth-order valence-corrected chi connectivity index (χ4v) is 1.60. The van der Waals surface area contributed by atoms with E-state index in [0.717, 1.165) is 5.56 Å². The molecule has 0 radical (unpaired) electrons. The summed E-state index contributed by atoms with van der Waals surface area (Å²) >= 11 is 0. The van der Waals surface area contributed by atoms with E-state index >= 15 is 0 Å². The minimum Gasteiger partial charge on any atom is -0.383 e. The Balaban J connectivity index is 2.22. The monoisotopic (exact) mass is 281 g/mol. The van der Waals surface area contributed by atoms with E-state index < -0.39 is 4.92 Å². The normalized spacial score (nSPS) is 10.2. The van der Waals surface area contributed by atoms with Gasteiger partial charge in [-0.25, -0.2) is 0 Å². The second kappa shape index (κ2) is 9.00. The molecule has 0 heterocycles. The van der Waals surface area contributed by atoms with Crippen LogP contribution in [0.25, 0.3) is 0 Å². The van der Waals surface area contributed by atoms with Crippen LogP contribution < -0.4 is 10.6 Å². The first kappa shape index (κ1) is 16.1. The van der Waals surface area contributed by atoms with Crippen molar-refractivity contribution in [3.63, 3.8) is 0 Å². The number of hydrogen-bond donors (Lipinski definition) is 2. The van der Waals surface area contributed by atoms with Gasteiger partial charge in [-0.05, 0) is 5.56 Å². The Bertz CT molecular complexity index is 451. The van der Waals surface area contributed by atoms with Crippen molar-refractivity contribution in [1.82, 2.24) is 10.6 Å². The molecule has 7 heteroatoms. The second-order valence-electron chi connectivity index (χ2n) is 4.20. The lowest BCUT2D eigenvalue weighted by molar-refractivity contribution is -0.384. The van der Waals surface area contributed by atoms with Crippen molar-refractivity contribution < 1.29 is 14.5 Å². The minimum absolute atomic E-state index is 0.0476. The van der Waals surface area contributed by atoms with E-state index in [-0.39, 0.29) is 11.6 Å². The molecule has 0 spiro atoms. The van der Waals surface area contributed by atoms with Gasteiger partial charge >= 0.3 is 0 Å². The van der Waals surface area contributed by atoms with Crippen molar-refractivity contribution >= 4 is 11.6 Å². The minimum atomic E-state index is -0.424. The Kier molecular flexibility index (Phi) is 7.23. The maximum absolute atomic E-state index is 11.4. The van der Waals surface area contributed by atoms with Crippen LogP contribution in [0.2, 0.25) is 0 Å². The summed E-state index contributed by atoms with van der Waals surface area (Å²) in [6.07, 6.45) is 0.360. The summed E-state index contributed by atoms with van der Waals surface area (Å²) in [6, 6.07) is 6.42. The lowest BCUT2D eigenvalue weighted by Gasteiger charge is -2.06. The molecule has 1 aromatic rings. The highest BCUT2D eigenvalue weighted by molar-refractivity contribution is 5.76. The highest BCUT2D eigenvalue weighted by Crippen LogP contribution is 2.12. The number of nitro groups is 1. The average molecular weight is 281 g/mol. The van der Waals surface area contributed by atoms with E-state index in [1.165, 1.54) is 12.1 Å². The van der Waals surface area contributed by atoms with Crippen molar-refractivity contribution in [2.75, 3.05) is 26.8 Å². The second-order valence-corrected chi connectivity index (χ2v) is 4.20. The van der Waals surface area contributed by atoms with E-state index in [9.17, 15) is 14.9 Å². The average Bonchev–Trinajstić information content (AvgIpc) is 2.44. The molecule has 0 atom stereocenters. The molecule has 0 unspecified atom stereocenters. The van der Waals surface area contributed by atoms with Crippen molar-refractivity contribution in [3.05, 3.63) is 39.9 Å². The molecule has 1 amide bonds. The topological polar surface area (TPSA) is 93.5 Å².